The van der Waals surface area contributed by atoms with Gasteiger partial charge in [0.2, 0.25) is 5.91 Å². The van der Waals surface area contributed by atoms with Crippen LogP contribution in [0.1, 0.15) is 44.1 Å². The number of carbonyl (C=O) groups excluding carboxylic acids is 1. The van der Waals surface area contributed by atoms with Crippen LogP contribution in [0.4, 0.5) is 5.69 Å². The van der Waals surface area contributed by atoms with Gasteiger partial charge in [-0.2, -0.15) is 5.10 Å². The lowest BCUT2D eigenvalue weighted by atomic mass is 9.96. The van der Waals surface area contributed by atoms with Gasteiger partial charge in [-0.1, -0.05) is 25.0 Å². The average Bonchev–Trinajstić information content (AvgIpc) is 2.93. The number of nitrogens with zero attached hydrogens (tertiary/aromatic N) is 2. The van der Waals surface area contributed by atoms with E-state index >= 15 is 0 Å². The van der Waals surface area contributed by atoms with Crippen LogP contribution in [0.5, 0.6) is 0 Å². The minimum Gasteiger partial charge on any atom is -0.390 e. The van der Waals surface area contributed by atoms with E-state index in [1.807, 2.05) is 0 Å². The molecule has 0 spiro atoms. The summed E-state index contributed by atoms with van der Waals surface area (Å²) in [6.45, 7) is 0. The fourth-order valence-electron chi connectivity index (χ4n) is 2.58. The predicted octanol–water partition coefficient (Wildman–Crippen LogP) is 2.13. The molecule has 0 aromatic heterocycles. The Balaban J connectivity index is 1.80. The zero-order valence-corrected chi connectivity index (χ0v) is 12.2. The molecule has 1 amide bonds. The molecule has 0 radical (unpaired) electrons. The second kappa shape index (κ2) is 7.13. The molecule has 0 unspecified atom stereocenters. The summed E-state index contributed by atoms with van der Waals surface area (Å²) in [5.74, 6) is -0.276. The molecule has 1 fully saturated rings. The first-order valence-corrected chi connectivity index (χ1v) is 7.27. The van der Waals surface area contributed by atoms with Gasteiger partial charge in [0.05, 0.1) is 16.7 Å². The molecule has 7 heteroatoms. The summed E-state index contributed by atoms with van der Waals surface area (Å²) in [6.07, 6.45) is 5.50. The molecule has 22 heavy (non-hydrogen) atoms. The first kappa shape index (κ1) is 16.1. The Bertz CT molecular complexity index is 580. The molecule has 1 aromatic rings. The van der Waals surface area contributed by atoms with Crippen molar-refractivity contribution in [3.8, 4) is 0 Å². The number of nitrogens with one attached hydrogen (secondary N) is 1. The number of benzene rings is 1. The highest BCUT2D eigenvalue weighted by Crippen LogP contribution is 2.33. The minimum absolute atomic E-state index is 0.0290. The molecule has 7 nitrogen and oxygen atoms in total. The Hall–Kier alpha value is -2.28. The first-order chi connectivity index (χ1) is 10.5. The maximum absolute atomic E-state index is 11.7. The third-order valence-corrected chi connectivity index (χ3v) is 3.84. The average molecular weight is 305 g/mol. The Kier molecular flexibility index (Phi) is 5.21. The van der Waals surface area contributed by atoms with Crippen LogP contribution in [0.2, 0.25) is 0 Å². The van der Waals surface area contributed by atoms with E-state index in [4.69, 9.17) is 0 Å². The third kappa shape index (κ3) is 4.63. The van der Waals surface area contributed by atoms with E-state index in [-0.39, 0.29) is 18.0 Å². The van der Waals surface area contributed by atoms with Crippen LogP contribution in [0.25, 0.3) is 0 Å². The lowest BCUT2D eigenvalue weighted by molar-refractivity contribution is -0.384. The van der Waals surface area contributed by atoms with E-state index in [0.717, 1.165) is 25.7 Å². The Morgan fingerprint density at radius 2 is 2.18 bits per heavy atom. The van der Waals surface area contributed by atoms with Gasteiger partial charge < -0.3 is 5.11 Å². The smallest absolute Gasteiger partial charge is 0.270 e. The van der Waals surface area contributed by atoms with Crippen LogP contribution in [-0.4, -0.2) is 27.8 Å². The number of nitro groups is 1. The van der Waals surface area contributed by atoms with E-state index in [1.54, 1.807) is 12.1 Å². The molecular formula is C15H19N3O4. The van der Waals surface area contributed by atoms with Crippen molar-refractivity contribution in [1.82, 2.24) is 5.43 Å². The fourth-order valence-corrected chi connectivity index (χ4v) is 2.58. The van der Waals surface area contributed by atoms with Crippen molar-refractivity contribution >= 4 is 17.8 Å². The predicted molar refractivity (Wildman–Crippen MR) is 81.5 cm³/mol. The van der Waals surface area contributed by atoms with E-state index in [1.165, 1.54) is 18.3 Å². The van der Waals surface area contributed by atoms with Crippen molar-refractivity contribution in [2.75, 3.05) is 0 Å². The molecule has 0 bridgehead atoms. The molecule has 0 heterocycles. The fraction of sp³-hybridized carbons (Fsp3) is 0.467. The van der Waals surface area contributed by atoms with Crippen molar-refractivity contribution in [2.45, 2.75) is 44.1 Å². The maximum Gasteiger partial charge on any atom is 0.270 e. The number of aliphatic hydroxyl groups is 1. The van der Waals surface area contributed by atoms with Crippen LogP contribution in [0.15, 0.2) is 29.4 Å². The standard InChI is InChI=1S/C15H19N3O4/c19-14(6-9-15(20)7-1-2-8-15)17-16-11-12-4-3-5-13(10-12)18(21)22/h3-5,10-11,20H,1-2,6-9H2,(H,17,19). The third-order valence-electron chi connectivity index (χ3n) is 3.84. The molecule has 0 saturated heterocycles. The maximum atomic E-state index is 11.7. The molecule has 0 aliphatic heterocycles. The van der Waals surface area contributed by atoms with E-state index in [0.29, 0.717) is 12.0 Å². The number of rotatable bonds is 6. The van der Waals surface area contributed by atoms with Gasteiger partial charge in [-0.15, -0.1) is 0 Å². The molecule has 2 rings (SSSR count). The number of non-ortho nitro benzene ring substituents is 1. The number of hydrogen-bond donors (Lipinski definition) is 2. The SMILES string of the molecule is O=C(CCC1(O)CCCC1)NN=Cc1cccc([N+](=O)[O-])c1. The minimum atomic E-state index is -0.707. The summed E-state index contributed by atoms with van der Waals surface area (Å²) in [4.78, 5) is 21.8. The quantitative estimate of drug-likeness (QED) is 0.477. The molecule has 0 atom stereocenters. The summed E-state index contributed by atoms with van der Waals surface area (Å²) < 4.78 is 0. The summed E-state index contributed by atoms with van der Waals surface area (Å²) in [7, 11) is 0. The highest BCUT2D eigenvalue weighted by atomic mass is 16.6. The topological polar surface area (TPSA) is 105 Å². The Labute approximate surface area is 128 Å². The second-order valence-electron chi connectivity index (χ2n) is 5.58. The van der Waals surface area contributed by atoms with Gasteiger partial charge in [0.1, 0.15) is 0 Å². The van der Waals surface area contributed by atoms with Gasteiger partial charge in [0.25, 0.3) is 5.69 Å². The second-order valence-corrected chi connectivity index (χ2v) is 5.58. The van der Waals surface area contributed by atoms with Gasteiger partial charge in [-0.25, -0.2) is 5.43 Å². The molecular weight excluding hydrogens is 286 g/mol. The van der Waals surface area contributed by atoms with E-state index < -0.39 is 10.5 Å². The summed E-state index contributed by atoms with van der Waals surface area (Å²) in [5, 5.41) is 24.6. The summed E-state index contributed by atoms with van der Waals surface area (Å²) in [6, 6.07) is 5.97. The van der Waals surface area contributed by atoms with Crippen molar-refractivity contribution in [1.29, 1.82) is 0 Å². The molecule has 118 valence electrons. The van der Waals surface area contributed by atoms with E-state index in [2.05, 4.69) is 10.5 Å². The van der Waals surface area contributed by atoms with Crippen LogP contribution < -0.4 is 5.43 Å². The normalized spacial score (nSPS) is 16.8. The van der Waals surface area contributed by atoms with Crippen LogP contribution in [0, 0.1) is 10.1 Å². The van der Waals surface area contributed by atoms with Crippen molar-refractivity contribution in [3.05, 3.63) is 39.9 Å². The van der Waals surface area contributed by atoms with Crippen LogP contribution >= 0.6 is 0 Å². The van der Waals surface area contributed by atoms with Gasteiger partial charge in [-0.05, 0) is 19.3 Å². The number of nitro benzene ring substituents is 1. The molecule has 1 aliphatic carbocycles. The highest BCUT2D eigenvalue weighted by molar-refractivity contribution is 5.83. The zero-order chi connectivity index (χ0) is 16.0. The number of amides is 1. The van der Waals surface area contributed by atoms with Gasteiger partial charge >= 0.3 is 0 Å². The largest absolute Gasteiger partial charge is 0.390 e. The Morgan fingerprint density at radius 3 is 2.86 bits per heavy atom. The number of hydrazone groups is 1. The van der Waals surface area contributed by atoms with E-state index in [9.17, 15) is 20.0 Å². The van der Waals surface area contributed by atoms with Crippen LogP contribution in [-0.2, 0) is 4.79 Å². The zero-order valence-electron chi connectivity index (χ0n) is 12.2. The lowest BCUT2D eigenvalue weighted by Crippen LogP contribution is -2.27. The monoisotopic (exact) mass is 305 g/mol. The first-order valence-electron chi connectivity index (χ1n) is 7.27. The molecule has 1 aliphatic rings. The van der Waals surface area contributed by atoms with Crippen molar-refractivity contribution in [3.63, 3.8) is 0 Å². The molecule has 1 saturated carbocycles. The summed E-state index contributed by atoms with van der Waals surface area (Å²) >= 11 is 0. The van der Waals surface area contributed by atoms with Gasteiger partial charge in [0, 0.05) is 24.1 Å². The lowest BCUT2D eigenvalue weighted by Gasteiger charge is -2.20. The number of carbonyl (C=O) groups is 1. The van der Waals surface area contributed by atoms with Crippen LogP contribution in [0.3, 0.4) is 0 Å². The van der Waals surface area contributed by atoms with Gasteiger partial charge in [0.15, 0.2) is 0 Å². The number of hydrogen-bond acceptors (Lipinski definition) is 5. The highest BCUT2D eigenvalue weighted by Gasteiger charge is 2.31. The van der Waals surface area contributed by atoms with Crippen molar-refractivity contribution < 1.29 is 14.8 Å². The van der Waals surface area contributed by atoms with Crippen molar-refractivity contribution in [2.24, 2.45) is 5.10 Å². The molecule has 2 N–H and O–H groups in total. The summed E-state index contributed by atoms with van der Waals surface area (Å²) in [5.41, 5.74) is 2.17. The molecule has 1 aromatic carbocycles. The van der Waals surface area contributed by atoms with Gasteiger partial charge in [-0.3, -0.25) is 14.9 Å². The Morgan fingerprint density at radius 1 is 1.45 bits per heavy atom.